The molecule has 27 heavy (non-hydrogen) atoms. The number of rotatable bonds is 4. The molecule has 2 aliphatic heterocycles. The standard InChI is InChI=1S/C21H25Cl2N3O/c22-18-7-6-17(12-19(18)23)25-8-10-26(11-9-25)20-14-24(15-21(20)27)13-16-4-2-1-3-5-16/h1-7,12,20-21,27H,8-11,13-15H2. The van der Waals surface area contributed by atoms with Crippen LogP contribution in [0.25, 0.3) is 0 Å². The molecule has 0 aromatic heterocycles. The Morgan fingerprint density at radius 2 is 1.63 bits per heavy atom. The van der Waals surface area contributed by atoms with Crippen molar-refractivity contribution in [1.82, 2.24) is 9.80 Å². The lowest BCUT2D eigenvalue weighted by molar-refractivity contribution is 0.0791. The summed E-state index contributed by atoms with van der Waals surface area (Å²) in [5.74, 6) is 0. The third kappa shape index (κ3) is 4.41. The minimum absolute atomic E-state index is 0.213. The van der Waals surface area contributed by atoms with E-state index in [-0.39, 0.29) is 12.1 Å². The van der Waals surface area contributed by atoms with Crippen molar-refractivity contribution >= 4 is 28.9 Å². The summed E-state index contributed by atoms with van der Waals surface area (Å²) in [5.41, 5.74) is 2.41. The number of halogens is 2. The van der Waals surface area contributed by atoms with Crippen molar-refractivity contribution in [2.75, 3.05) is 44.2 Å². The molecular weight excluding hydrogens is 381 g/mol. The molecule has 0 saturated carbocycles. The fourth-order valence-corrected chi connectivity index (χ4v) is 4.46. The van der Waals surface area contributed by atoms with Gasteiger partial charge in [0.05, 0.1) is 16.1 Å². The molecule has 1 N–H and O–H groups in total. The van der Waals surface area contributed by atoms with Crippen molar-refractivity contribution in [2.45, 2.75) is 18.7 Å². The first-order valence-corrected chi connectivity index (χ1v) is 10.2. The van der Waals surface area contributed by atoms with E-state index < -0.39 is 0 Å². The zero-order valence-corrected chi connectivity index (χ0v) is 16.8. The lowest BCUT2D eigenvalue weighted by atomic mass is 10.1. The molecule has 2 atom stereocenters. The lowest BCUT2D eigenvalue weighted by Crippen LogP contribution is -2.53. The van der Waals surface area contributed by atoms with E-state index in [9.17, 15) is 5.11 Å². The highest BCUT2D eigenvalue weighted by Crippen LogP contribution is 2.28. The summed E-state index contributed by atoms with van der Waals surface area (Å²) >= 11 is 12.2. The van der Waals surface area contributed by atoms with Gasteiger partial charge in [-0.15, -0.1) is 0 Å². The van der Waals surface area contributed by atoms with Crippen LogP contribution in [0.5, 0.6) is 0 Å². The number of aliphatic hydroxyl groups is 1. The topological polar surface area (TPSA) is 30.0 Å². The maximum atomic E-state index is 10.6. The predicted molar refractivity (Wildman–Crippen MR) is 112 cm³/mol. The fourth-order valence-electron chi connectivity index (χ4n) is 4.17. The van der Waals surface area contributed by atoms with E-state index in [0.717, 1.165) is 51.5 Å². The third-order valence-corrected chi connectivity index (χ3v) is 6.37. The van der Waals surface area contributed by atoms with Crippen molar-refractivity contribution in [3.8, 4) is 0 Å². The monoisotopic (exact) mass is 405 g/mol. The summed E-state index contributed by atoms with van der Waals surface area (Å²) in [7, 11) is 0. The number of β-amino-alcohol motifs (C(OH)–C–C–N with tert-alkyl or cyclic N) is 1. The molecule has 0 radical (unpaired) electrons. The number of hydrogen-bond acceptors (Lipinski definition) is 4. The van der Waals surface area contributed by atoms with Crippen molar-refractivity contribution in [1.29, 1.82) is 0 Å². The van der Waals surface area contributed by atoms with E-state index in [1.54, 1.807) is 0 Å². The highest BCUT2D eigenvalue weighted by Gasteiger charge is 2.36. The van der Waals surface area contributed by atoms with Gasteiger partial charge in [-0.05, 0) is 23.8 Å². The van der Waals surface area contributed by atoms with Crippen molar-refractivity contribution < 1.29 is 5.11 Å². The molecule has 4 nitrogen and oxygen atoms in total. The summed E-state index contributed by atoms with van der Waals surface area (Å²) in [6.45, 7) is 6.31. The predicted octanol–water partition coefficient (Wildman–Crippen LogP) is 3.36. The van der Waals surface area contributed by atoms with Crippen LogP contribution in [0.15, 0.2) is 48.5 Å². The van der Waals surface area contributed by atoms with Crippen LogP contribution < -0.4 is 4.90 Å². The van der Waals surface area contributed by atoms with Gasteiger partial charge < -0.3 is 10.0 Å². The van der Waals surface area contributed by atoms with Crippen LogP contribution in [0.4, 0.5) is 5.69 Å². The van der Waals surface area contributed by atoms with Crippen LogP contribution in [0.2, 0.25) is 10.0 Å². The first-order valence-electron chi connectivity index (χ1n) is 9.48. The van der Waals surface area contributed by atoms with Gasteiger partial charge in [0.2, 0.25) is 0 Å². The molecule has 2 saturated heterocycles. The Kier molecular flexibility index (Phi) is 5.90. The number of aliphatic hydroxyl groups excluding tert-OH is 1. The third-order valence-electron chi connectivity index (χ3n) is 5.64. The van der Waals surface area contributed by atoms with Crippen molar-refractivity contribution in [2.24, 2.45) is 0 Å². The van der Waals surface area contributed by atoms with Crippen molar-refractivity contribution in [3.05, 3.63) is 64.1 Å². The van der Waals surface area contributed by atoms with Gasteiger partial charge in [-0.2, -0.15) is 0 Å². The Bertz CT molecular complexity index is 765. The molecule has 4 rings (SSSR count). The molecule has 0 aliphatic carbocycles. The number of hydrogen-bond donors (Lipinski definition) is 1. The summed E-state index contributed by atoms with van der Waals surface area (Å²) in [5, 5.41) is 11.8. The summed E-state index contributed by atoms with van der Waals surface area (Å²) in [6, 6.07) is 16.5. The van der Waals surface area contributed by atoms with E-state index in [0.29, 0.717) is 10.0 Å². The Balaban J connectivity index is 1.33. The molecule has 0 bridgehead atoms. The van der Waals surface area contributed by atoms with Crippen molar-refractivity contribution in [3.63, 3.8) is 0 Å². The first-order chi connectivity index (χ1) is 13.1. The smallest absolute Gasteiger partial charge is 0.0834 e. The molecule has 0 spiro atoms. The van der Waals surface area contributed by atoms with Crippen LogP contribution in [0.1, 0.15) is 5.56 Å². The Labute approximate surface area is 170 Å². The quantitative estimate of drug-likeness (QED) is 0.844. The number of anilines is 1. The molecule has 2 unspecified atom stereocenters. The van der Waals surface area contributed by atoms with Gasteiger partial charge in [0.1, 0.15) is 0 Å². The van der Waals surface area contributed by atoms with E-state index >= 15 is 0 Å². The minimum atomic E-state index is -0.287. The fraction of sp³-hybridized carbons (Fsp3) is 0.429. The molecule has 2 heterocycles. The van der Waals surface area contributed by atoms with Crippen LogP contribution >= 0.6 is 23.2 Å². The molecule has 6 heteroatoms. The van der Waals surface area contributed by atoms with Gasteiger partial charge in [-0.25, -0.2) is 0 Å². The molecular formula is C21H25Cl2N3O. The second-order valence-corrected chi connectivity index (χ2v) is 8.25. The van der Waals surface area contributed by atoms with Gasteiger partial charge in [-0.3, -0.25) is 9.80 Å². The first kappa shape index (κ1) is 19.0. The Morgan fingerprint density at radius 1 is 0.889 bits per heavy atom. The van der Waals surface area contributed by atoms with E-state index in [4.69, 9.17) is 23.2 Å². The zero-order valence-electron chi connectivity index (χ0n) is 15.3. The second-order valence-electron chi connectivity index (χ2n) is 7.44. The average Bonchev–Trinajstić information content (AvgIpc) is 3.05. The maximum Gasteiger partial charge on any atom is 0.0834 e. The van der Waals surface area contributed by atoms with Crippen LogP contribution in [0.3, 0.4) is 0 Å². The number of benzene rings is 2. The van der Waals surface area contributed by atoms with E-state index in [2.05, 4.69) is 39.0 Å². The zero-order chi connectivity index (χ0) is 18.8. The van der Waals surface area contributed by atoms with E-state index in [1.807, 2.05) is 24.3 Å². The van der Waals surface area contributed by atoms with Crippen LogP contribution in [0, 0.1) is 0 Å². The molecule has 2 fully saturated rings. The maximum absolute atomic E-state index is 10.6. The summed E-state index contributed by atoms with van der Waals surface area (Å²) < 4.78 is 0. The minimum Gasteiger partial charge on any atom is -0.390 e. The van der Waals surface area contributed by atoms with Gasteiger partial charge in [0, 0.05) is 57.5 Å². The van der Waals surface area contributed by atoms with E-state index in [1.165, 1.54) is 5.56 Å². The number of likely N-dealkylation sites (tertiary alicyclic amines) is 1. The van der Waals surface area contributed by atoms with Crippen LogP contribution in [-0.4, -0.2) is 66.3 Å². The van der Waals surface area contributed by atoms with Gasteiger partial charge in [-0.1, -0.05) is 53.5 Å². The highest BCUT2D eigenvalue weighted by atomic mass is 35.5. The van der Waals surface area contributed by atoms with Crippen LogP contribution in [-0.2, 0) is 6.54 Å². The van der Waals surface area contributed by atoms with Gasteiger partial charge in [0.15, 0.2) is 0 Å². The lowest BCUT2D eigenvalue weighted by Gasteiger charge is -2.40. The normalized spacial score (nSPS) is 24.5. The molecule has 2 aliphatic rings. The summed E-state index contributed by atoms with van der Waals surface area (Å²) in [6.07, 6.45) is -0.287. The Morgan fingerprint density at radius 3 is 2.33 bits per heavy atom. The highest BCUT2D eigenvalue weighted by molar-refractivity contribution is 6.42. The summed E-state index contributed by atoms with van der Waals surface area (Å²) in [4.78, 5) is 7.13. The van der Waals surface area contributed by atoms with Gasteiger partial charge in [0.25, 0.3) is 0 Å². The molecule has 144 valence electrons. The second kappa shape index (κ2) is 8.38. The average molecular weight is 406 g/mol. The molecule has 2 aromatic rings. The van der Waals surface area contributed by atoms with Gasteiger partial charge >= 0.3 is 0 Å². The number of nitrogens with zero attached hydrogens (tertiary/aromatic N) is 3. The Hall–Kier alpha value is -1.30. The molecule has 0 amide bonds. The molecule has 2 aromatic carbocycles. The number of piperazine rings is 1. The SMILES string of the molecule is OC1CN(Cc2ccccc2)CC1N1CCN(c2ccc(Cl)c(Cl)c2)CC1. The largest absolute Gasteiger partial charge is 0.390 e.